The van der Waals surface area contributed by atoms with Crippen LogP contribution in [0, 0.1) is 0 Å². The molecule has 0 saturated carbocycles. The Morgan fingerprint density at radius 1 is 1.00 bits per heavy atom. The highest BCUT2D eigenvalue weighted by molar-refractivity contribution is 6.32. The summed E-state index contributed by atoms with van der Waals surface area (Å²) in [5.41, 5.74) is 3.50. The quantitative estimate of drug-likeness (QED) is 0.301. The number of hydrogen-bond donors (Lipinski definition) is 1. The lowest BCUT2D eigenvalue weighted by atomic mass is 10.1. The lowest BCUT2D eigenvalue weighted by molar-refractivity contribution is 0.0835. The highest BCUT2D eigenvalue weighted by Crippen LogP contribution is 2.36. The monoisotopic (exact) mass is 556 g/mol. The van der Waals surface area contributed by atoms with E-state index in [9.17, 15) is 4.79 Å². The van der Waals surface area contributed by atoms with Gasteiger partial charge in [0.2, 0.25) is 5.96 Å². The Labute approximate surface area is 237 Å². The van der Waals surface area contributed by atoms with Crippen molar-refractivity contribution >= 4 is 29.3 Å². The maximum atomic E-state index is 14.0. The van der Waals surface area contributed by atoms with Gasteiger partial charge in [-0.05, 0) is 42.2 Å². The average molecular weight is 557 g/mol. The zero-order chi connectivity index (χ0) is 27.6. The molecule has 2 aliphatic rings. The standard InChI is InChI=1S/C30H29ClN6O3/c1-2-35-28(38)26-27(37-18-23(33-29(35)37)15-20-9-5-3-6-10-20)34-30(39-19-21-11-7-4-8-12-21)36(26)17-22-13-14-25(40-32)24(31)16-22/h3-14,16,23H,2,15,17-19,32H2,1H3/t23-/m1/s1. The molecule has 1 aromatic heterocycles. The van der Waals surface area contributed by atoms with Crippen molar-refractivity contribution in [1.29, 1.82) is 0 Å². The molecule has 1 atom stereocenters. The third-order valence-corrected chi connectivity index (χ3v) is 7.39. The second-order valence-corrected chi connectivity index (χ2v) is 10.1. The number of imidazole rings is 1. The highest BCUT2D eigenvalue weighted by atomic mass is 35.5. The molecule has 1 amide bonds. The van der Waals surface area contributed by atoms with Gasteiger partial charge in [0.15, 0.2) is 17.3 Å². The molecule has 9 nitrogen and oxygen atoms in total. The van der Waals surface area contributed by atoms with Gasteiger partial charge in [0.25, 0.3) is 11.9 Å². The summed E-state index contributed by atoms with van der Waals surface area (Å²) in [6.07, 6.45) is 0.772. The van der Waals surface area contributed by atoms with Crippen LogP contribution in [-0.4, -0.2) is 45.4 Å². The number of aromatic nitrogens is 2. The number of aliphatic imine (C=N–C) groups is 1. The van der Waals surface area contributed by atoms with Crippen molar-refractivity contribution < 1.29 is 14.4 Å². The summed E-state index contributed by atoms with van der Waals surface area (Å²) < 4.78 is 8.07. The van der Waals surface area contributed by atoms with Crippen molar-refractivity contribution in [2.24, 2.45) is 10.9 Å². The number of guanidine groups is 1. The summed E-state index contributed by atoms with van der Waals surface area (Å²) in [5, 5.41) is 0.375. The molecule has 0 aliphatic carbocycles. The topological polar surface area (TPSA) is 98.2 Å². The van der Waals surface area contributed by atoms with E-state index in [1.165, 1.54) is 5.56 Å². The molecule has 2 N–H and O–H groups in total. The first-order valence-corrected chi connectivity index (χ1v) is 13.6. The van der Waals surface area contributed by atoms with E-state index in [2.05, 4.69) is 12.1 Å². The van der Waals surface area contributed by atoms with Gasteiger partial charge in [0, 0.05) is 6.54 Å². The van der Waals surface area contributed by atoms with Crippen molar-refractivity contribution in [3.05, 3.63) is 106 Å². The van der Waals surface area contributed by atoms with E-state index in [1.807, 2.05) is 71.0 Å². The van der Waals surface area contributed by atoms with Crippen LogP contribution in [0.4, 0.5) is 5.82 Å². The Morgan fingerprint density at radius 3 is 2.40 bits per heavy atom. The number of fused-ring (bicyclic) bond motifs is 3. The maximum absolute atomic E-state index is 14.0. The Bertz CT molecular complexity index is 1560. The number of carbonyl (C=O) groups is 1. The van der Waals surface area contributed by atoms with Crippen molar-refractivity contribution in [1.82, 2.24) is 14.5 Å². The molecule has 3 aromatic carbocycles. The average Bonchev–Trinajstić information content (AvgIpc) is 3.55. The molecule has 3 heterocycles. The summed E-state index contributed by atoms with van der Waals surface area (Å²) in [5.74, 6) is 6.71. The number of nitrogens with two attached hydrogens (primary N) is 1. The minimum absolute atomic E-state index is 0.00773. The van der Waals surface area contributed by atoms with Crippen LogP contribution >= 0.6 is 11.6 Å². The van der Waals surface area contributed by atoms with Crippen LogP contribution in [0.15, 0.2) is 83.9 Å². The van der Waals surface area contributed by atoms with Gasteiger partial charge in [-0.3, -0.25) is 19.2 Å². The van der Waals surface area contributed by atoms with Crippen LogP contribution in [0.3, 0.4) is 0 Å². The minimum atomic E-state index is -0.164. The zero-order valence-electron chi connectivity index (χ0n) is 22.0. The summed E-state index contributed by atoms with van der Waals surface area (Å²) in [6.45, 7) is 3.66. The van der Waals surface area contributed by atoms with Crippen molar-refractivity contribution in [3.8, 4) is 11.8 Å². The molecule has 204 valence electrons. The fraction of sp³-hybridized carbons (Fsp3) is 0.233. The van der Waals surface area contributed by atoms with Crippen LogP contribution in [0.5, 0.6) is 11.8 Å². The fourth-order valence-corrected chi connectivity index (χ4v) is 5.43. The SMILES string of the molecule is CCN1C(=O)c2c(nc(OCc3ccccc3)n2Cc2ccc(ON)c(Cl)c2)N2C[C@@H](Cc3ccccc3)N=C12. The number of hydrogen-bond acceptors (Lipinski definition) is 7. The van der Waals surface area contributed by atoms with Gasteiger partial charge in [-0.2, -0.15) is 10.9 Å². The van der Waals surface area contributed by atoms with Gasteiger partial charge < -0.3 is 9.57 Å². The second-order valence-electron chi connectivity index (χ2n) is 9.74. The van der Waals surface area contributed by atoms with Crippen molar-refractivity contribution in [3.63, 3.8) is 0 Å². The molecule has 40 heavy (non-hydrogen) atoms. The number of anilines is 1. The third kappa shape index (κ3) is 4.89. The van der Waals surface area contributed by atoms with Crippen LogP contribution in [0.1, 0.15) is 34.1 Å². The number of carbonyl (C=O) groups excluding carboxylic acids is 1. The molecule has 0 bridgehead atoms. The molecular weight excluding hydrogens is 528 g/mol. The Kier molecular flexibility index (Phi) is 7.15. The van der Waals surface area contributed by atoms with Gasteiger partial charge >= 0.3 is 0 Å². The Hall–Kier alpha value is -4.34. The van der Waals surface area contributed by atoms with E-state index in [1.54, 1.807) is 17.0 Å². The molecule has 0 spiro atoms. The van der Waals surface area contributed by atoms with Crippen LogP contribution < -0.4 is 20.4 Å². The summed E-state index contributed by atoms with van der Waals surface area (Å²) in [7, 11) is 0. The predicted molar refractivity (Wildman–Crippen MR) is 154 cm³/mol. The minimum Gasteiger partial charge on any atom is -0.460 e. The number of rotatable bonds is 9. The Morgan fingerprint density at radius 2 is 1.73 bits per heavy atom. The largest absolute Gasteiger partial charge is 0.460 e. The smallest absolute Gasteiger partial charge is 0.299 e. The first-order valence-electron chi connectivity index (χ1n) is 13.2. The zero-order valence-corrected chi connectivity index (χ0v) is 22.8. The molecule has 0 unspecified atom stereocenters. The van der Waals surface area contributed by atoms with E-state index in [-0.39, 0.29) is 11.9 Å². The molecule has 0 fully saturated rings. The molecular formula is C30H29ClN6O3. The highest BCUT2D eigenvalue weighted by Gasteiger charge is 2.43. The fourth-order valence-electron chi connectivity index (χ4n) is 5.18. The van der Waals surface area contributed by atoms with Crippen LogP contribution in [0.2, 0.25) is 5.02 Å². The first kappa shape index (κ1) is 25.9. The summed E-state index contributed by atoms with van der Waals surface area (Å²) in [6, 6.07) is 25.8. The molecule has 0 saturated heterocycles. The lowest BCUT2D eigenvalue weighted by Gasteiger charge is -2.32. The summed E-state index contributed by atoms with van der Waals surface area (Å²) in [4.78, 5) is 32.4. The molecule has 10 heteroatoms. The number of nitrogens with zero attached hydrogens (tertiary/aromatic N) is 5. The van der Waals surface area contributed by atoms with Gasteiger partial charge in [0.1, 0.15) is 6.61 Å². The van der Waals surface area contributed by atoms with E-state index in [4.69, 9.17) is 37.0 Å². The van der Waals surface area contributed by atoms with Gasteiger partial charge in [-0.15, -0.1) is 0 Å². The van der Waals surface area contributed by atoms with Crippen LogP contribution in [-0.2, 0) is 19.6 Å². The van der Waals surface area contributed by atoms with E-state index in [0.29, 0.717) is 60.5 Å². The molecule has 2 aliphatic heterocycles. The van der Waals surface area contributed by atoms with E-state index < -0.39 is 0 Å². The van der Waals surface area contributed by atoms with E-state index in [0.717, 1.165) is 17.5 Å². The molecule has 0 radical (unpaired) electrons. The lowest BCUT2D eigenvalue weighted by Crippen LogP contribution is -2.50. The molecule has 6 rings (SSSR count). The second kappa shape index (κ2) is 11.0. The molecule has 4 aromatic rings. The summed E-state index contributed by atoms with van der Waals surface area (Å²) >= 11 is 6.36. The number of benzene rings is 3. The first-order chi connectivity index (χ1) is 19.6. The number of halogens is 1. The Balaban J connectivity index is 1.39. The number of ether oxygens (including phenoxy) is 1. The maximum Gasteiger partial charge on any atom is 0.299 e. The van der Waals surface area contributed by atoms with Gasteiger partial charge in [-0.1, -0.05) is 78.3 Å². The normalized spacial score (nSPS) is 16.0. The number of amides is 1. The van der Waals surface area contributed by atoms with Gasteiger partial charge in [-0.25, -0.2) is 4.99 Å². The predicted octanol–water partition coefficient (Wildman–Crippen LogP) is 4.68. The van der Waals surface area contributed by atoms with Crippen molar-refractivity contribution in [2.45, 2.75) is 32.5 Å². The van der Waals surface area contributed by atoms with Crippen molar-refractivity contribution in [2.75, 3.05) is 18.0 Å². The third-order valence-electron chi connectivity index (χ3n) is 7.10. The van der Waals surface area contributed by atoms with Crippen LogP contribution in [0.25, 0.3) is 0 Å². The van der Waals surface area contributed by atoms with E-state index >= 15 is 0 Å². The van der Waals surface area contributed by atoms with Gasteiger partial charge in [0.05, 0.1) is 24.2 Å².